The summed E-state index contributed by atoms with van der Waals surface area (Å²) < 4.78 is 5.58. The molecule has 1 saturated heterocycles. The van der Waals surface area contributed by atoms with Gasteiger partial charge in [0.1, 0.15) is 5.82 Å². The number of anilines is 1. The largest absolute Gasteiger partial charge is 0.376 e. The van der Waals surface area contributed by atoms with Crippen molar-refractivity contribution < 1.29 is 9.53 Å². The molecule has 0 radical (unpaired) electrons. The van der Waals surface area contributed by atoms with Crippen LogP contribution in [0, 0.1) is 0 Å². The summed E-state index contributed by atoms with van der Waals surface area (Å²) in [6.07, 6.45) is 8.71. The van der Waals surface area contributed by atoms with Crippen molar-refractivity contribution in [2.45, 2.75) is 87.8 Å². The number of amides is 1. The smallest absolute Gasteiger partial charge is 0.251 e. The van der Waals surface area contributed by atoms with Crippen molar-refractivity contribution in [3.05, 3.63) is 47.2 Å². The van der Waals surface area contributed by atoms with Crippen LogP contribution in [0.4, 0.5) is 5.82 Å². The molecule has 1 amide bonds. The molecule has 34 heavy (non-hydrogen) atoms. The van der Waals surface area contributed by atoms with Crippen LogP contribution >= 0.6 is 11.8 Å². The SMILES string of the molecule is CC(C)c1cc(N(C)C2CCCCC2)nc(SCc2ccc(C(=O)NCC3CCCO3)cc2)n1. The van der Waals surface area contributed by atoms with Gasteiger partial charge in [-0.2, -0.15) is 0 Å². The molecular weight excluding hydrogens is 444 g/mol. The van der Waals surface area contributed by atoms with Crippen LogP contribution in [0.3, 0.4) is 0 Å². The molecule has 1 aliphatic heterocycles. The van der Waals surface area contributed by atoms with Crippen molar-refractivity contribution in [1.29, 1.82) is 0 Å². The summed E-state index contributed by atoms with van der Waals surface area (Å²) >= 11 is 1.66. The van der Waals surface area contributed by atoms with Gasteiger partial charge in [0.25, 0.3) is 5.91 Å². The van der Waals surface area contributed by atoms with Crippen molar-refractivity contribution >= 4 is 23.5 Å². The van der Waals surface area contributed by atoms with Crippen LogP contribution in [0.2, 0.25) is 0 Å². The van der Waals surface area contributed by atoms with Crippen molar-refractivity contribution in [2.75, 3.05) is 25.1 Å². The molecule has 7 heteroatoms. The Morgan fingerprint density at radius 1 is 1.12 bits per heavy atom. The van der Waals surface area contributed by atoms with E-state index in [0.29, 0.717) is 24.1 Å². The fourth-order valence-corrected chi connectivity index (χ4v) is 5.46. The molecule has 2 heterocycles. The highest BCUT2D eigenvalue weighted by molar-refractivity contribution is 7.98. The van der Waals surface area contributed by atoms with Crippen LogP contribution in [0.1, 0.15) is 86.3 Å². The van der Waals surface area contributed by atoms with Gasteiger partial charge >= 0.3 is 0 Å². The molecule has 1 N–H and O–H groups in total. The number of hydrogen-bond acceptors (Lipinski definition) is 6. The van der Waals surface area contributed by atoms with Gasteiger partial charge in [-0.05, 0) is 49.3 Å². The van der Waals surface area contributed by atoms with Crippen molar-refractivity contribution in [2.24, 2.45) is 0 Å². The van der Waals surface area contributed by atoms with E-state index in [9.17, 15) is 4.79 Å². The molecule has 4 rings (SSSR count). The average Bonchev–Trinajstić information content (AvgIpc) is 3.40. The number of thioether (sulfide) groups is 1. The molecule has 184 valence electrons. The third kappa shape index (κ3) is 6.72. The van der Waals surface area contributed by atoms with Gasteiger partial charge in [0.2, 0.25) is 0 Å². The standard InChI is InChI=1S/C27H38N4O2S/c1-19(2)24-16-25(31(3)22-8-5-4-6-9-22)30-27(29-24)34-18-20-11-13-21(14-12-20)26(32)28-17-23-10-7-15-33-23/h11-14,16,19,22-23H,4-10,15,17-18H2,1-3H3,(H,28,32). The molecule has 1 unspecified atom stereocenters. The molecule has 2 aliphatic rings. The molecule has 0 bridgehead atoms. The Kier molecular flexibility index (Phi) is 8.84. The Labute approximate surface area is 208 Å². The Morgan fingerprint density at radius 2 is 1.88 bits per heavy atom. The molecule has 1 aromatic carbocycles. The van der Waals surface area contributed by atoms with Crippen LogP contribution in [-0.2, 0) is 10.5 Å². The monoisotopic (exact) mass is 482 g/mol. The number of nitrogens with zero attached hydrogens (tertiary/aromatic N) is 3. The first-order valence-corrected chi connectivity index (χ1v) is 13.7. The second-order valence-electron chi connectivity index (χ2n) is 9.82. The van der Waals surface area contributed by atoms with Crippen LogP contribution in [-0.4, -0.2) is 48.2 Å². The lowest BCUT2D eigenvalue weighted by molar-refractivity contribution is 0.0858. The summed E-state index contributed by atoms with van der Waals surface area (Å²) in [5, 5.41) is 3.81. The van der Waals surface area contributed by atoms with Gasteiger partial charge in [0, 0.05) is 49.3 Å². The van der Waals surface area contributed by atoms with Gasteiger partial charge in [-0.3, -0.25) is 4.79 Å². The second kappa shape index (κ2) is 12.0. The second-order valence-corrected chi connectivity index (χ2v) is 10.8. The topological polar surface area (TPSA) is 67.4 Å². The number of carbonyl (C=O) groups excluding carboxylic acids is 1. The fraction of sp³-hybridized carbons (Fsp3) is 0.593. The molecular formula is C27H38N4O2S. The molecule has 2 aromatic rings. The Morgan fingerprint density at radius 3 is 2.56 bits per heavy atom. The zero-order valence-electron chi connectivity index (χ0n) is 20.8. The lowest BCUT2D eigenvalue weighted by Gasteiger charge is -2.32. The van der Waals surface area contributed by atoms with Crippen LogP contribution in [0.5, 0.6) is 0 Å². The molecule has 6 nitrogen and oxygen atoms in total. The lowest BCUT2D eigenvalue weighted by atomic mass is 9.94. The maximum atomic E-state index is 12.4. The highest BCUT2D eigenvalue weighted by Crippen LogP contribution is 2.29. The van der Waals surface area contributed by atoms with Crippen LogP contribution in [0.15, 0.2) is 35.5 Å². The van der Waals surface area contributed by atoms with Gasteiger partial charge in [-0.25, -0.2) is 9.97 Å². The summed E-state index contributed by atoms with van der Waals surface area (Å²) in [5.74, 6) is 2.11. The van der Waals surface area contributed by atoms with Gasteiger partial charge in [-0.1, -0.05) is 57.0 Å². The number of nitrogens with one attached hydrogen (secondary N) is 1. The minimum atomic E-state index is -0.0435. The molecule has 1 saturated carbocycles. The van der Waals surface area contributed by atoms with Gasteiger partial charge < -0.3 is 15.0 Å². The van der Waals surface area contributed by atoms with Gasteiger partial charge in [0.05, 0.1) is 6.10 Å². The van der Waals surface area contributed by atoms with E-state index >= 15 is 0 Å². The molecule has 1 aliphatic carbocycles. The lowest BCUT2D eigenvalue weighted by Crippen LogP contribution is -2.34. The molecule has 2 fully saturated rings. The first-order chi connectivity index (χ1) is 16.5. The van der Waals surface area contributed by atoms with Crippen molar-refractivity contribution in [3.63, 3.8) is 0 Å². The van der Waals surface area contributed by atoms with E-state index < -0.39 is 0 Å². The number of aromatic nitrogens is 2. The van der Waals surface area contributed by atoms with E-state index in [1.807, 2.05) is 24.3 Å². The quantitative estimate of drug-likeness (QED) is 0.372. The first-order valence-electron chi connectivity index (χ1n) is 12.7. The Balaban J connectivity index is 1.37. The van der Waals surface area contributed by atoms with E-state index in [4.69, 9.17) is 14.7 Å². The van der Waals surface area contributed by atoms with E-state index in [1.165, 1.54) is 32.1 Å². The minimum Gasteiger partial charge on any atom is -0.376 e. The number of hydrogen-bond donors (Lipinski definition) is 1. The van der Waals surface area contributed by atoms with Crippen molar-refractivity contribution in [1.82, 2.24) is 15.3 Å². The van der Waals surface area contributed by atoms with E-state index in [0.717, 1.165) is 47.4 Å². The van der Waals surface area contributed by atoms with E-state index in [1.54, 1.807) is 11.8 Å². The summed E-state index contributed by atoms with van der Waals surface area (Å²) in [6, 6.07) is 10.6. The van der Waals surface area contributed by atoms with Gasteiger partial charge in [-0.15, -0.1) is 0 Å². The Bertz CT molecular complexity index is 938. The third-order valence-corrected chi connectivity index (χ3v) is 7.80. The van der Waals surface area contributed by atoms with E-state index in [-0.39, 0.29) is 12.0 Å². The summed E-state index contributed by atoms with van der Waals surface area (Å²) in [5.41, 5.74) is 2.93. The zero-order chi connectivity index (χ0) is 23.9. The molecule has 1 aromatic heterocycles. The first kappa shape index (κ1) is 25.0. The maximum absolute atomic E-state index is 12.4. The fourth-order valence-electron chi connectivity index (χ4n) is 4.64. The van der Waals surface area contributed by atoms with E-state index in [2.05, 4.69) is 37.2 Å². The van der Waals surface area contributed by atoms with Crippen LogP contribution < -0.4 is 10.2 Å². The van der Waals surface area contributed by atoms with Gasteiger partial charge in [0.15, 0.2) is 5.16 Å². The third-order valence-electron chi connectivity index (χ3n) is 6.89. The zero-order valence-corrected chi connectivity index (χ0v) is 21.6. The number of ether oxygens (including phenoxy) is 1. The average molecular weight is 483 g/mol. The molecule has 1 atom stereocenters. The summed E-state index contributed by atoms with van der Waals surface area (Å²) in [7, 11) is 2.18. The Hall–Kier alpha value is -2.12. The predicted molar refractivity (Wildman–Crippen MR) is 139 cm³/mol. The normalized spacial score (nSPS) is 18.9. The highest BCUT2D eigenvalue weighted by Gasteiger charge is 2.21. The number of benzene rings is 1. The number of rotatable bonds is 9. The van der Waals surface area contributed by atoms with Crippen molar-refractivity contribution in [3.8, 4) is 0 Å². The van der Waals surface area contributed by atoms with Crippen LogP contribution in [0.25, 0.3) is 0 Å². The summed E-state index contributed by atoms with van der Waals surface area (Å²) in [6.45, 7) is 5.75. The minimum absolute atomic E-state index is 0.0435. The predicted octanol–water partition coefficient (Wildman–Crippen LogP) is 5.57. The highest BCUT2D eigenvalue weighted by atomic mass is 32.2. The maximum Gasteiger partial charge on any atom is 0.251 e. The summed E-state index contributed by atoms with van der Waals surface area (Å²) in [4.78, 5) is 24.5. The molecule has 0 spiro atoms. The number of carbonyl (C=O) groups is 1.